The molecule has 0 aliphatic carbocycles. The van der Waals surface area contributed by atoms with Gasteiger partial charge in [0.25, 0.3) is 10.0 Å². The van der Waals surface area contributed by atoms with E-state index in [1.807, 2.05) is 0 Å². The molecule has 0 amide bonds. The molecule has 0 bridgehead atoms. The van der Waals surface area contributed by atoms with E-state index in [2.05, 4.69) is 9.82 Å². The van der Waals surface area contributed by atoms with E-state index < -0.39 is 10.0 Å². The fourth-order valence-electron chi connectivity index (χ4n) is 2.35. The first-order valence-corrected chi connectivity index (χ1v) is 8.01. The minimum Gasteiger partial charge on any atom is -0.492 e. The lowest BCUT2D eigenvalue weighted by molar-refractivity contribution is 0.280. The third-order valence-electron chi connectivity index (χ3n) is 3.24. The van der Waals surface area contributed by atoms with E-state index in [4.69, 9.17) is 10.5 Å². The molecule has 0 saturated heterocycles. The van der Waals surface area contributed by atoms with Gasteiger partial charge in [0.15, 0.2) is 0 Å². The number of aryl methyl sites for hydroxylation is 2. The molecule has 0 fully saturated rings. The number of sulfonamides is 1. The van der Waals surface area contributed by atoms with Crippen LogP contribution in [0.1, 0.15) is 12.0 Å². The van der Waals surface area contributed by atoms with E-state index >= 15 is 0 Å². The molecule has 2 heterocycles. The van der Waals surface area contributed by atoms with E-state index in [0.717, 1.165) is 18.4 Å². The van der Waals surface area contributed by atoms with E-state index in [0.29, 0.717) is 23.7 Å². The van der Waals surface area contributed by atoms with Crippen molar-refractivity contribution in [3.63, 3.8) is 0 Å². The fourth-order valence-corrected chi connectivity index (χ4v) is 3.60. The van der Waals surface area contributed by atoms with Crippen molar-refractivity contribution >= 4 is 21.4 Å². The number of aromatic nitrogens is 2. The van der Waals surface area contributed by atoms with Crippen molar-refractivity contribution in [1.29, 1.82) is 0 Å². The van der Waals surface area contributed by atoms with Crippen molar-refractivity contribution < 1.29 is 13.2 Å². The van der Waals surface area contributed by atoms with Crippen molar-refractivity contribution in [3.05, 3.63) is 30.1 Å². The molecule has 21 heavy (non-hydrogen) atoms. The first-order valence-electron chi connectivity index (χ1n) is 6.52. The molecule has 1 aliphatic rings. The average Bonchev–Trinajstić information content (AvgIpc) is 2.82. The van der Waals surface area contributed by atoms with Crippen LogP contribution < -0.4 is 15.2 Å². The molecule has 1 aliphatic heterocycles. The van der Waals surface area contributed by atoms with Gasteiger partial charge in [-0.3, -0.25) is 9.40 Å². The van der Waals surface area contributed by atoms with E-state index in [1.54, 1.807) is 19.3 Å². The molecule has 7 nitrogen and oxygen atoms in total. The maximum atomic E-state index is 12.6. The van der Waals surface area contributed by atoms with Gasteiger partial charge in [-0.1, -0.05) is 0 Å². The zero-order valence-electron chi connectivity index (χ0n) is 11.5. The van der Waals surface area contributed by atoms with Gasteiger partial charge in [-0.25, -0.2) is 8.42 Å². The molecule has 0 radical (unpaired) electrons. The van der Waals surface area contributed by atoms with Crippen LogP contribution in [0, 0.1) is 0 Å². The average molecular weight is 308 g/mol. The Morgan fingerprint density at radius 3 is 2.95 bits per heavy atom. The van der Waals surface area contributed by atoms with Crippen LogP contribution in [-0.2, 0) is 23.5 Å². The highest BCUT2D eigenvalue weighted by molar-refractivity contribution is 7.92. The summed E-state index contributed by atoms with van der Waals surface area (Å²) in [6, 6.07) is 3.18. The van der Waals surface area contributed by atoms with E-state index in [1.165, 1.54) is 16.9 Å². The van der Waals surface area contributed by atoms with Crippen LogP contribution in [-0.4, -0.2) is 24.8 Å². The minimum absolute atomic E-state index is 0.0704. The molecular weight excluding hydrogens is 292 g/mol. The van der Waals surface area contributed by atoms with Crippen LogP contribution in [0.4, 0.5) is 11.4 Å². The maximum Gasteiger partial charge on any atom is 0.265 e. The van der Waals surface area contributed by atoms with Crippen LogP contribution in [0.2, 0.25) is 0 Å². The van der Waals surface area contributed by atoms with Crippen LogP contribution >= 0.6 is 0 Å². The van der Waals surface area contributed by atoms with Crippen LogP contribution in [0.5, 0.6) is 5.75 Å². The lowest BCUT2D eigenvalue weighted by atomic mass is 10.1. The van der Waals surface area contributed by atoms with Gasteiger partial charge in [-0.05, 0) is 30.5 Å². The first kappa shape index (κ1) is 13.7. The molecule has 2 aromatic rings. The number of hydrogen-bond acceptors (Lipinski definition) is 5. The molecule has 0 spiro atoms. The number of benzene rings is 1. The number of nitrogens with zero attached hydrogens (tertiary/aromatic N) is 2. The number of rotatable bonds is 3. The van der Waals surface area contributed by atoms with Crippen molar-refractivity contribution in [2.45, 2.75) is 17.7 Å². The Morgan fingerprint density at radius 2 is 2.24 bits per heavy atom. The normalized spacial score (nSPS) is 14.3. The number of nitrogens with two attached hydrogens (primary N) is 1. The molecule has 0 saturated carbocycles. The van der Waals surface area contributed by atoms with Gasteiger partial charge in [-0.15, -0.1) is 0 Å². The first-order chi connectivity index (χ1) is 9.95. The van der Waals surface area contributed by atoms with Crippen LogP contribution in [0.25, 0.3) is 0 Å². The lowest BCUT2D eigenvalue weighted by Crippen LogP contribution is -2.18. The summed E-state index contributed by atoms with van der Waals surface area (Å²) in [5.74, 6) is 0.395. The van der Waals surface area contributed by atoms with Crippen molar-refractivity contribution in [2.75, 3.05) is 17.1 Å². The van der Waals surface area contributed by atoms with Gasteiger partial charge >= 0.3 is 0 Å². The molecule has 0 atom stereocenters. The SMILES string of the molecule is Cn1cc(NS(=O)(=O)c2cc(N)cc3c2OCCC3)cn1. The smallest absolute Gasteiger partial charge is 0.265 e. The standard InChI is InChI=1S/C13H16N4O3S/c1-17-8-11(7-15-17)16-21(18,19)12-6-10(14)5-9-3-2-4-20-13(9)12/h5-8,16H,2-4,14H2,1H3. The maximum absolute atomic E-state index is 12.6. The van der Waals surface area contributed by atoms with Gasteiger partial charge in [0.2, 0.25) is 0 Å². The third kappa shape index (κ3) is 2.66. The summed E-state index contributed by atoms with van der Waals surface area (Å²) in [6.07, 6.45) is 4.63. The Kier molecular flexibility index (Phi) is 3.25. The van der Waals surface area contributed by atoms with Crippen molar-refractivity contribution in [1.82, 2.24) is 9.78 Å². The second-order valence-corrected chi connectivity index (χ2v) is 6.62. The molecule has 3 rings (SSSR count). The zero-order chi connectivity index (χ0) is 15.0. The highest BCUT2D eigenvalue weighted by Crippen LogP contribution is 2.35. The van der Waals surface area contributed by atoms with Crippen LogP contribution in [0.3, 0.4) is 0 Å². The number of ether oxygens (including phenoxy) is 1. The summed E-state index contributed by atoms with van der Waals surface area (Å²) in [5.41, 5.74) is 7.44. The van der Waals surface area contributed by atoms with Crippen molar-refractivity contribution in [3.8, 4) is 5.75 Å². The molecule has 3 N–H and O–H groups in total. The second kappa shape index (κ2) is 4.96. The summed E-state index contributed by atoms with van der Waals surface area (Å²) in [5, 5.41) is 3.93. The number of nitrogen functional groups attached to an aromatic ring is 1. The summed E-state index contributed by atoms with van der Waals surface area (Å²) in [6.45, 7) is 0.506. The predicted molar refractivity (Wildman–Crippen MR) is 78.7 cm³/mol. The van der Waals surface area contributed by atoms with Gasteiger partial charge in [0.05, 0.1) is 18.5 Å². The second-order valence-electron chi connectivity index (χ2n) is 4.97. The molecule has 1 aromatic heterocycles. The largest absolute Gasteiger partial charge is 0.492 e. The highest BCUT2D eigenvalue weighted by Gasteiger charge is 2.25. The molecule has 1 aromatic carbocycles. The van der Waals surface area contributed by atoms with Gasteiger partial charge in [0.1, 0.15) is 10.6 Å². The topological polar surface area (TPSA) is 99.2 Å². The number of hydrogen-bond donors (Lipinski definition) is 2. The van der Waals surface area contributed by atoms with Gasteiger partial charge in [-0.2, -0.15) is 5.10 Å². The summed E-state index contributed by atoms with van der Waals surface area (Å²) in [4.78, 5) is 0.0704. The molecule has 8 heteroatoms. The van der Waals surface area contributed by atoms with Gasteiger partial charge < -0.3 is 10.5 Å². The fraction of sp³-hybridized carbons (Fsp3) is 0.308. The Morgan fingerprint density at radius 1 is 1.43 bits per heavy atom. The Bertz CT molecular complexity index is 783. The molecule has 112 valence electrons. The molecule has 0 unspecified atom stereocenters. The Labute approximate surface area is 122 Å². The minimum atomic E-state index is -3.77. The van der Waals surface area contributed by atoms with E-state index in [-0.39, 0.29) is 4.90 Å². The number of nitrogens with one attached hydrogen (secondary N) is 1. The van der Waals surface area contributed by atoms with Crippen molar-refractivity contribution in [2.24, 2.45) is 7.05 Å². The summed E-state index contributed by atoms with van der Waals surface area (Å²) in [7, 11) is -2.06. The monoisotopic (exact) mass is 308 g/mol. The summed E-state index contributed by atoms with van der Waals surface area (Å²) < 4.78 is 34.6. The Hall–Kier alpha value is -2.22. The number of anilines is 2. The molecular formula is C13H16N4O3S. The predicted octanol–water partition coefficient (Wildman–Crippen LogP) is 1.13. The summed E-state index contributed by atoms with van der Waals surface area (Å²) >= 11 is 0. The quantitative estimate of drug-likeness (QED) is 0.828. The number of fused-ring (bicyclic) bond motifs is 1. The third-order valence-corrected chi connectivity index (χ3v) is 4.62. The van der Waals surface area contributed by atoms with E-state index in [9.17, 15) is 8.42 Å². The van der Waals surface area contributed by atoms with Gasteiger partial charge in [0, 0.05) is 18.9 Å². The van der Waals surface area contributed by atoms with Crippen LogP contribution in [0.15, 0.2) is 29.4 Å². The Balaban J connectivity index is 2.04. The zero-order valence-corrected chi connectivity index (χ0v) is 12.4. The highest BCUT2D eigenvalue weighted by atomic mass is 32.2. The lowest BCUT2D eigenvalue weighted by Gasteiger charge is -2.21.